The summed E-state index contributed by atoms with van der Waals surface area (Å²) in [6.45, 7) is 5.77. The molecule has 1 atom stereocenters. The minimum Gasteiger partial charge on any atom is -0.483 e. The first-order valence-corrected chi connectivity index (χ1v) is 11.5. The number of anilines is 1. The predicted octanol–water partition coefficient (Wildman–Crippen LogP) is 6.26. The van der Waals surface area contributed by atoms with Crippen LogP contribution in [0.25, 0.3) is 0 Å². The number of ether oxygens (including phenoxy) is 1. The summed E-state index contributed by atoms with van der Waals surface area (Å²) in [5.74, 6) is 1.27. The van der Waals surface area contributed by atoms with Crippen LogP contribution in [0.1, 0.15) is 30.0 Å². The van der Waals surface area contributed by atoms with Gasteiger partial charge in [0.2, 0.25) is 5.91 Å². The fourth-order valence-corrected chi connectivity index (χ4v) is 4.13. The number of carbonyl (C=O) groups is 1. The Hall–Kier alpha value is -1.93. The van der Waals surface area contributed by atoms with Crippen molar-refractivity contribution in [2.75, 3.05) is 11.1 Å². The van der Waals surface area contributed by atoms with Crippen LogP contribution in [-0.2, 0) is 11.8 Å². The molecule has 0 aliphatic heterocycles. The van der Waals surface area contributed by atoms with Gasteiger partial charge in [-0.15, -0.1) is 10.2 Å². The van der Waals surface area contributed by atoms with Crippen molar-refractivity contribution in [2.24, 2.45) is 7.05 Å². The van der Waals surface area contributed by atoms with Crippen LogP contribution in [0.2, 0.25) is 15.1 Å². The topological polar surface area (TPSA) is 69.0 Å². The van der Waals surface area contributed by atoms with Crippen molar-refractivity contribution >= 4 is 58.2 Å². The third-order valence-electron chi connectivity index (χ3n) is 4.51. The van der Waals surface area contributed by atoms with Gasteiger partial charge >= 0.3 is 0 Å². The van der Waals surface area contributed by atoms with E-state index in [0.29, 0.717) is 32.5 Å². The van der Waals surface area contributed by atoms with E-state index in [1.165, 1.54) is 11.8 Å². The average molecular weight is 500 g/mol. The van der Waals surface area contributed by atoms with Gasteiger partial charge in [-0.2, -0.15) is 0 Å². The molecule has 0 bridgehead atoms. The molecule has 0 fully saturated rings. The van der Waals surface area contributed by atoms with E-state index < -0.39 is 0 Å². The molecule has 31 heavy (non-hydrogen) atoms. The van der Waals surface area contributed by atoms with Gasteiger partial charge in [0.15, 0.2) is 17.1 Å². The Morgan fingerprint density at radius 1 is 1.16 bits per heavy atom. The first-order chi connectivity index (χ1) is 14.7. The number of halogens is 3. The second kappa shape index (κ2) is 10.1. The third-order valence-corrected chi connectivity index (χ3v) is 6.95. The molecule has 1 N–H and O–H groups in total. The molecule has 10 heteroatoms. The zero-order valence-electron chi connectivity index (χ0n) is 17.4. The van der Waals surface area contributed by atoms with Crippen molar-refractivity contribution in [1.29, 1.82) is 0 Å². The Labute approximate surface area is 200 Å². The van der Waals surface area contributed by atoms with Gasteiger partial charge in [0.05, 0.1) is 21.5 Å². The Morgan fingerprint density at radius 3 is 2.52 bits per heavy atom. The normalized spacial score (nSPS) is 12.0. The molecule has 0 radical (unpaired) electrons. The molecular formula is C21H21Cl3N4O2S. The van der Waals surface area contributed by atoms with Crippen molar-refractivity contribution in [2.45, 2.75) is 32.0 Å². The second-order valence-corrected chi connectivity index (χ2v) is 9.07. The highest BCUT2D eigenvalue weighted by molar-refractivity contribution is 7.99. The monoisotopic (exact) mass is 498 g/mol. The Morgan fingerprint density at radius 2 is 1.84 bits per heavy atom. The molecule has 1 amide bonds. The summed E-state index contributed by atoms with van der Waals surface area (Å²) in [5.41, 5.74) is 2.36. The van der Waals surface area contributed by atoms with Gasteiger partial charge in [-0.1, -0.05) is 52.6 Å². The van der Waals surface area contributed by atoms with Gasteiger partial charge in [-0.3, -0.25) is 4.79 Å². The van der Waals surface area contributed by atoms with Crippen molar-refractivity contribution < 1.29 is 9.53 Å². The van der Waals surface area contributed by atoms with Gasteiger partial charge in [-0.25, -0.2) is 0 Å². The van der Waals surface area contributed by atoms with E-state index in [0.717, 1.165) is 16.1 Å². The maximum Gasteiger partial charge on any atom is 0.234 e. The van der Waals surface area contributed by atoms with Crippen LogP contribution in [0.3, 0.4) is 0 Å². The lowest BCUT2D eigenvalue weighted by molar-refractivity contribution is -0.113. The van der Waals surface area contributed by atoms with E-state index in [2.05, 4.69) is 15.5 Å². The number of amides is 1. The van der Waals surface area contributed by atoms with E-state index in [-0.39, 0.29) is 17.8 Å². The second-order valence-electron chi connectivity index (χ2n) is 6.97. The molecule has 0 saturated heterocycles. The largest absolute Gasteiger partial charge is 0.483 e. The Balaban J connectivity index is 1.63. The number of hydrogen-bond acceptors (Lipinski definition) is 5. The summed E-state index contributed by atoms with van der Waals surface area (Å²) >= 11 is 19.6. The third kappa shape index (κ3) is 5.66. The minimum absolute atomic E-state index is 0.139. The molecule has 1 heterocycles. The highest BCUT2D eigenvalue weighted by atomic mass is 35.5. The highest BCUT2D eigenvalue weighted by Crippen LogP contribution is 2.31. The number of carbonyl (C=O) groups excluding carboxylic acids is 1. The lowest BCUT2D eigenvalue weighted by Gasteiger charge is -2.16. The molecular weight excluding hydrogens is 479 g/mol. The highest BCUT2D eigenvalue weighted by Gasteiger charge is 2.19. The van der Waals surface area contributed by atoms with E-state index in [1.807, 2.05) is 44.5 Å². The summed E-state index contributed by atoms with van der Waals surface area (Å²) in [5, 5.41) is 13.2. The van der Waals surface area contributed by atoms with Gasteiger partial charge in [0.25, 0.3) is 0 Å². The van der Waals surface area contributed by atoms with Gasteiger partial charge in [0.1, 0.15) is 5.75 Å². The number of nitrogens with one attached hydrogen (secondary N) is 1. The number of benzene rings is 2. The first kappa shape index (κ1) is 23.7. The van der Waals surface area contributed by atoms with E-state index in [9.17, 15) is 4.79 Å². The zero-order chi connectivity index (χ0) is 22.7. The average Bonchev–Trinajstić information content (AvgIpc) is 3.08. The molecule has 0 saturated carbocycles. The van der Waals surface area contributed by atoms with Crippen LogP contribution in [-0.4, -0.2) is 26.4 Å². The van der Waals surface area contributed by atoms with Gasteiger partial charge < -0.3 is 14.6 Å². The number of aryl methyl sites for hydroxylation is 2. The van der Waals surface area contributed by atoms with Crippen molar-refractivity contribution in [3.8, 4) is 5.75 Å². The standard InChI is InChI=1S/C21H21Cl3N4O2S/c1-11-8-14(9-12(2)18(11)23)30-13(3)20-26-27-21(28(20)4)31-10-17(29)25-16-7-5-6-15(22)19(16)24/h5-9,13H,10H2,1-4H3,(H,25,29). The Kier molecular flexibility index (Phi) is 7.75. The fourth-order valence-electron chi connectivity index (χ4n) is 2.95. The van der Waals surface area contributed by atoms with Crippen LogP contribution in [0.15, 0.2) is 35.5 Å². The van der Waals surface area contributed by atoms with E-state index in [1.54, 1.807) is 18.2 Å². The predicted molar refractivity (Wildman–Crippen MR) is 127 cm³/mol. The lowest BCUT2D eigenvalue weighted by atomic mass is 10.1. The summed E-state index contributed by atoms with van der Waals surface area (Å²) in [6, 6.07) is 8.85. The maximum absolute atomic E-state index is 12.3. The maximum atomic E-state index is 12.3. The SMILES string of the molecule is Cc1cc(OC(C)c2nnc(SCC(=O)Nc3cccc(Cl)c3Cl)n2C)cc(C)c1Cl. The van der Waals surface area contributed by atoms with Crippen LogP contribution >= 0.6 is 46.6 Å². The van der Waals surface area contributed by atoms with Crippen LogP contribution in [0.5, 0.6) is 5.75 Å². The molecule has 2 aromatic carbocycles. The van der Waals surface area contributed by atoms with Gasteiger partial charge in [-0.05, 0) is 56.2 Å². The molecule has 6 nitrogen and oxygen atoms in total. The summed E-state index contributed by atoms with van der Waals surface area (Å²) in [6.07, 6.45) is -0.342. The van der Waals surface area contributed by atoms with Crippen LogP contribution < -0.4 is 10.1 Å². The number of aromatic nitrogens is 3. The summed E-state index contributed by atoms with van der Waals surface area (Å²) in [4.78, 5) is 12.3. The van der Waals surface area contributed by atoms with Crippen LogP contribution in [0, 0.1) is 13.8 Å². The molecule has 0 spiro atoms. The van der Waals surface area contributed by atoms with Crippen molar-refractivity contribution in [3.05, 3.63) is 62.4 Å². The quantitative estimate of drug-likeness (QED) is 0.388. The molecule has 164 valence electrons. The minimum atomic E-state index is -0.342. The number of thioether (sulfide) groups is 1. The fraction of sp³-hybridized carbons (Fsp3) is 0.286. The molecule has 0 aliphatic rings. The molecule has 3 aromatic rings. The zero-order valence-corrected chi connectivity index (χ0v) is 20.5. The molecule has 1 aromatic heterocycles. The molecule has 3 rings (SSSR count). The summed E-state index contributed by atoms with van der Waals surface area (Å²) in [7, 11) is 1.83. The van der Waals surface area contributed by atoms with Gasteiger partial charge in [0, 0.05) is 12.1 Å². The summed E-state index contributed by atoms with van der Waals surface area (Å²) < 4.78 is 7.85. The van der Waals surface area contributed by atoms with Crippen LogP contribution in [0.4, 0.5) is 5.69 Å². The number of nitrogens with zero attached hydrogens (tertiary/aromatic N) is 3. The Bertz CT molecular complexity index is 1100. The smallest absolute Gasteiger partial charge is 0.234 e. The lowest BCUT2D eigenvalue weighted by Crippen LogP contribution is -2.15. The van der Waals surface area contributed by atoms with Crippen molar-refractivity contribution in [3.63, 3.8) is 0 Å². The number of rotatable bonds is 7. The van der Waals surface area contributed by atoms with E-state index in [4.69, 9.17) is 39.5 Å². The first-order valence-electron chi connectivity index (χ1n) is 9.36. The van der Waals surface area contributed by atoms with E-state index >= 15 is 0 Å². The molecule has 1 unspecified atom stereocenters. The molecule has 0 aliphatic carbocycles. The number of hydrogen-bond donors (Lipinski definition) is 1. The van der Waals surface area contributed by atoms with Crippen molar-refractivity contribution in [1.82, 2.24) is 14.8 Å².